The van der Waals surface area contributed by atoms with E-state index >= 15 is 0 Å². The van der Waals surface area contributed by atoms with Gasteiger partial charge in [0.1, 0.15) is 11.4 Å². The van der Waals surface area contributed by atoms with Crippen LogP contribution in [0.2, 0.25) is 0 Å². The molecule has 20 heavy (non-hydrogen) atoms. The van der Waals surface area contributed by atoms with E-state index < -0.39 is 0 Å². The topological polar surface area (TPSA) is 72.9 Å². The molecular formula is C15H20N4O. The minimum Gasteiger partial charge on any atom is -0.383 e. The second-order valence-corrected chi connectivity index (χ2v) is 4.68. The van der Waals surface area contributed by atoms with Gasteiger partial charge >= 0.3 is 0 Å². The summed E-state index contributed by atoms with van der Waals surface area (Å²) in [5, 5.41) is 6.97. The SMILES string of the molecule is CCc1cccc(CC)c1NC(=O)c1cnn(C)c1N. The molecule has 0 atom stereocenters. The smallest absolute Gasteiger partial charge is 0.261 e. The number of carbonyl (C=O) groups excluding carboxylic acids is 1. The number of anilines is 2. The molecule has 0 aliphatic carbocycles. The molecule has 2 aromatic rings. The van der Waals surface area contributed by atoms with Crippen LogP contribution in [0.1, 0.15) is 35.3 Å². The predicted octanol–water partition coefficient (Wildman–Crippen LogP) is 2.38. The van der Waals surface area contributed by atoms with Crippen LogP contribution in [0.5, 0.6) is 0 Å². The molecule has 0 saturated carbocycles. The van der Waals surface area contributed by atoms with E-state index in [9.17, 15) is 4.79 Å². The summed E-state index contributed by atoms with van der Waals surface area (Å²) in [4.78, 5) is 12.3. The lowest BCUT2D eigenvalue weighted by atomic mass is 10.0. The summed E-state index contributed by atoms with van der Waals surface area (Å²) < 4.78 is 1.49. The Labute approximate surface area is 118 Å². The molecule has 1 amide bonds. The first-order valence-electron chi connectivity index (χ1n) is 6.78. The van der Waals surface area contributed by atoms with Gasteiger partial charge in [-0.2, -0.15) is 5.10 Å². The van der Waals surface area contributed by atoms with Gasteiger partial charge < -0.3 is 11.1 Å². The average Bonchev–Trinajstić information content (AvgIpc) is 2.79. The molecule has 1 heterocycles. The molecule has 0 aliphatic heterocycles. The Morgan fingerprint density at radius 3 is 2.35 bits per heavy atom. The van der Waals surface area contributed by atoms with Crippen molar-refractivity contribution in [3.8, 4) is 0 Å². The van der Waals surface area contributed by atoms with Gasteiger partial charge in [-0.15, -0.1) is 0 Å². The number of para-hydroxylation sites is 1. The van der Waals surface area contributed by atoms with Gasteiger partial charge in [-0.05, 0) is 24.0 Å². The molecular weight excluding hydrogens is 252 g/mol. The van der Waals surface area contributed by atoms with E-state index in [4.69, 9.17) is 5.73 Å². The first kappa shape index (κ1) is 14.1. The fraction of sp³-hybridized carbons (Fsp3) is 0.333. The lowest BCUT2D eigenvalue weighted by Crippen LogP contribution is -2.16. The normalized spacial score (nSPS) is 10.6. The van der Waals surface area contributed by atoms with Crippen LogP contribution < -0.4 is 11.1 Å². The molecule has 5 nitrogen and oxygen atoms in total. The maximum Gasteiger partial charge on any atom is 0.261 e. The molecule has 0 aliphatic rings. The molecule has 0 bridgehead atoms. The van der Waals surface area contributed by atoms with Gasteiger partial charge in [0, 0.05) is 12.7 Å². The number of nitrogen functional groups attached to an aromatic ring is 1. The third-order valence-electron chi connectivity index (χ3n) is 3.47. The predicted molar refractivity (Wildman–Crippen MR) is 80.8 cm³/mol. The van der Waals surface area contributed by atoms with Crippen LogP contribution in [0.25, 0.3) is 0 Å². The number of nitrogens with zero attached hydrogens (tertiary/aromatic N) is 2. The number of hydrogen-bond acceptors (Lipinski definition) is 3. The quantitative estimate of drug-likeness (QED) is 0.897. The van der Waals surface area contributed by atoms with Crippen molar-refractivity contribution in [2.24, 2.45) is 7.05 Å². The van der Waals surface area contributed by atoms with Crippen molar-refractivity contribution in [3.05, 3.63) is 41.1 Å². The van der Waals surface area contributed by atoms with E-state index in [2.05, 4.69) is 24.3 Å². The zero-order valence-electron chi connectivity index (χ0n) is 12.1. The van der Waals surface area contributed by atoms with Gasteiger partial charge in [0.2, 0.25) is 0 Å². The third kappa shape index (κ3) is 2.52. The highest BCUT2D eigenvalue weighted by Crippen LogP contribution is 2.24. The number of carbonyl (C=O) groups is 1. The minimum absolute atomic E-state index is 0.216. The Morgan fingerprint density at radius 2 is 1.90 bits per heavy atom. The van der Waals surface area contributed by atoms with Gasteiger partial charge in [0.05, 0.1) is 6.20 Å². The van der Waals surface area contributed by atoms with Crippen molar-refractivity contribution in [1.29, 1.82) is 0 Å². The number of amides is 1. The van der Waals surface area contributed by atoms with E-state index in [0.717, 1.165) is 29.7 Å². The van der Waals surface area contributed by atoms with Crippen LogP contribution >= 0.6 is 0 Å². The molecule has 106 valence electrons. The summed E-state index contributed by atoms with van der Waals surface area (Å²) in [5.41, 5.74) is 9.39. The van der Waals surface area contributed by atoms with Crippen molar-refractivity contribution >= 4 is 17.4 Å². The van der Waals surface area contributed by atoms with Crippen LogP contribution in [0.4, 0.5) is 11.5 Å². The Hall–Kier alpha value is -2.30. The molecule has 0 saturated heterocycles. The van der Waals surface area contributed by atoms with E-state index in [1.54, 1.807) is 7.05 Å². The van der Waals surface area contributed by atoms with Crippen molar-refractivity contribution in [2.45, 2.75) is 26.7 Å². The summed E-state index contributed by atoms with van der Waals surface area (Å²) in [6.07, 6.45) is 3.22. The molecule has 2 rings (SSSR count). The molecule has 0 unspecified atom stereocenters. The number of nitrogens with two attached hydrogens (primary N) is 1. The van der Waals surface area contributed by atoms with Crippen molar-refractivity contribution < 1.29 is 4.79 Å². The Bertz CT molecular complexity index is 609. The van der Waals surface area contributed by atoms with Gasteiger partial charge in [0.15, 0.2) is 0 Å². The van der Waals surface area contributed by atoms with Crippen LogP contribution in [0.15, 0.2) is 24.4 Å². The number of hydrogen-bond donors (Lipinski definition) is 2. The summed E-state index contributed by atoms with van der Waals surface area (Å²) in [6, 6.07) is 6.08. The zero-order chi connectivity index (χ0) is 14.7. The maximum absolute atomic E-state index is 12.3. The lowest BCUT2D eigenvalue weighted by molar-refractivity contribution is 0.102. The van der Waals surface area contributed by atoms with Crippen LogP contribution in [-0.2, 0) is 19.9 Å². The summed E-state index contributed by atoms with van der Waals surface area (Å²) in [6.45, 7) is 4.14. The maximum atomic E-state index is 12.3. The highest BCUT2D eigenvalue weighted by atomic mass is 16.1. The molecule has 0 fully saturated rings. The van der Waals surface area contributed by atoms with E-state index in [-0.39, 0.29) is 5.91 Å². The van der Waals surface area contributed by atoms with Gasteiger partial charge in [0.25, 0.3) is 5.91 Å². The second kappa shape index (κ2) is 5.77. The standard InChI is InChI=1S/C15H20N4O/c1-4-10-7-6-8-11(5-2)13(10)18-15(20)12-9-17-19(3)14(12)16/h6-9H,4-5,16H2,1-3H3,(H,18,20). The fourth-order valence-corrected chi connectivity index (χ4v) is 2.21. The average molecular weight is 272 g/mol. The molecule has 0 radical (unpaired) electrons. The summed E-state index contributed by atoms with van der Waals surface area (Å²) in [5.74, 6) is 0.153. The largest absolute Gasteiger partial charge is 0.383 e. The van der Waals surface area contributed by atoms with Crippen molar-refractivity contribution in [2.75, 3.05) is 11.1 Å². The highest BCUT2D eigenvalue weighted by Gasteiger charge is 2.16. The molecule has 3 N–H and O–H groups in total. The number of aryl methyl sites for hydroxylation is 3. The summed E-state index contributed by atoms with van der Waals surface area (Å²) >= 11 is 0. The monoisotopic (exact) mass is 272 g/mol. The van der Waals surface area contributed by atoms with E-state index in [0.29, 0.717) is 11.4 Å². The Kier molecular flexibility index (Phi) is 4.08. The number of aromatic nitrogens is 2. The molecule has 0 spiro atoms. The number of rotatable bonds is 4. The van der Waals surface area contributed by atoms with E-state index in [1.807, 2.05) is 18.2 Å². The third-order valence-corrected chi connectivity index (χ3v) is 3.47. The Balaban J connectivity index is 2.34. The highest BCUT2D eigenvalue weighted by molar-refractivity contribution is 6.07. The van der Waals surface area contributed by atoms with Crippen molar-refractivity contribution in [3.63, 3.8) is 0 Å². The van der Waals surface area contributed by atoms with Crippen LogP contribution in [0, 0.1) is 0 Å². The van der Waals surface area contributed by atoms with Gasteiger partial charge in [-0.3, -0.25) is 9.48 Å². The van der Waals surface area contributed by atoms with Crippen LogP contribution in [0.3, 0.4) is 0 Å². The fourth-order valence-electron chi connectivity index (χ4n) is 2.21. The lowest BCUT2D eigenvalue weighted by Gasteiger charge is -2.14. The number of nitrogens with one attached hydrogen (secondary N) is 1. The molecule has 1 aromatic carbocycles. The van der Waals surface area contributed by atoms with Crippen molar-refractivity contribution in [1.82, 2.24) is 9.78 Å². The summed E-state index contributed by atoms with van der Waals surface area (Å²) in [7, 11) is 1.71. The first-order valence-corrected chi connectivity index (χ1v) is 6.78. The van der Waals surface area contributed by atoms with Gasteiger partial charge in [-0.1, -0.05) is 32.0 Å². The zero-order valence-corrected chi connectivity index (χ0v) is 12.1. The number of benzene rings is 1. The first-order chi connectivity index (χ1) is 9.58. The van der Waals surface area contributed by atoms with Gasteiger partial charge in [-0.25, -0.2) is 0 Å². The van der Waals surface area contributed by atoms with E-state index in [1.165, 1.54) is 10.9 Å². The Morgan fingerprint density at radius 1 is 1.30 bits per heavy atom. The van der Waals surface area contributed by atoms with Crippen LogP contribution in [-0.4, -0.2) is 15.7 Å². The minimum atomic E-state index is -0.216. The molecule has 1 aromatic heterocycles. The second-order valence-electron chi connectivity index (χ2n) is 4.68. The molecule has 5 heteroatoms.